The predicted octanol–water partition coefficient (Wildman–Crippen LogP) is 4.18. The molecule has 1 aromatic carbocycles. The van der Waals surface area contributed by atoms with E-state index in [4.69, 9.17) is 9.72 Å². The second-order valence-electron chi connectivity index (χ2n) is 5.09. The van der Waals surface area contributed by atoms with Crippen molar-refractivity contribution < 1.29 is 4.74 Å². The van der Waals surface area contributed by atoms with Gasteiger partial charge in [0.2, 0.25) is 0 Å². The Kier molecular flexibility index (Phi) is 6.23. The molecule has 0 amide bonds. The summed E-state index contributed by atoms with van der Waals surface area (Å²) < 4.78 is 5.27. The van der Waals surface area contributed by atoms with Crippen molar-refractivity contribution in [3.8, 4) is 10.6 Å². The van der Waals surface area contributed by atoms with E-state index in [1.54, 1.807) is 30.2 Å². The minimum absolute atomic E-state index is 0.465. The van der Waals surface area contributed by atoms with Gasteiger partial charge < -0.3 is 10.1 Å². The number of ether oxygens (including phenoxy) is 1. The molecule has 5 heteroatoms. The van der Waals surface area contributed by atoms with Crippen molar-refractivity contribution in [2.75, 3.05) is 13.4 Å². The van der Waals surface area contributed by atoms with E-state index in [9.17, 15) is 0 Å². The Balaban J connectivity index is 2.24. The number of hydrogen-bond donors (Lipinski definition) is 1. The average molecular weight is 322 g/mol. The van der Waals surface area contributed by atoms with E-state index in [0.29, 0.717) is 12.6 Å². The Morgan fingerprint density at radius 2 is 2.00 bits per heavy atom. The van der Waals surface area contributed by atoms with Gasteiger partial charge in [-0.2, -0.15) is 0 Å². The summed E-state index contributed by atoms with van der Waals surface area (Å²) in [5.74, 6) is 0. The van der Waals surface area contributed by atoms with Crippen LogP contribution in [0.2, 0.25) is 0 Å². The monoisotopic (exact) mass is 322 g/mol. The lowest BCUT2D eigenvalue weighted by atomic mass is 10.2. The van der Waals surface area contributed by atoms with E-state index in [-0.39, 0.29) is 0 Å². The van der Waals surface area contributed by atoms with E-state index in [1.165, 1.54) is 15.3 Å². The second kappa shape index (κ2) is 7.94. The molecule has 21 heavy (non-hydrogen) atoms. The first-order valence-electron chi connectivity index (χ1n) is 6.99. The zero-order valence-electron chi connectivity index (χ0n) is 13.0. The quantitative estimate of drug-likeness (QED) is 0.776. The molecule has 2 rings (SSSR count). The molecule has 0 aliphatic rings. The molecule has 1 aromatic heterocycles. The number of hydrogen-bond acceptors (Lipinski definition) is 5. The number of thiazole rings is 1. The van der Waals surface area contributed by atoms with Crippen LogP contribution in [-0.4, -0.2) is 24.4 Å². The van der Waals surface area contributed by atoms with Crippen LogP contribution >= 0.6 is 23.1 Å². The minimum Gasteiger partial charge on any atom is -0.378 e. The van der Waals surface area contributed by atoms with Crippen molar-refractivity contribution in [3.63, 3.8) is 0 Å². The minimum atomic E-state index is 0.465. The highest BCUT2D eigenvalue weighted by molar-refractivity contribution is 7.98. The molecule has 2 aromatic rings. The van der Waals surface area contributed by atoms with Gasteiger partial charge in [0.1, 0.15) is 5.01 Å². The van der Waals surface area contributed by atoms with Crippen molar-refractivity contribution in [3.05, 3.63) is 34.8 Å². The van der Waals surface area contributed by atoms with Gasteiger partial charge in [0.05, 0.1) is 12.3 Å². The summed E-state index contributed by atoms with van der Waals surface area (Å²) in [6.07, 6.45) is 2.09. The first-order valence-corrected chi connectivity index (χ1v) is 9.03. The Morgan fingerprint density at radius 1 is 1.29 bits per heavy atom. The molecule has 0 atom stereocenters. The molecule has 0 saturated heterocycles. The number of nitrogens with zero attached hydrogens (tertiary/aromatic N) is 1. The second-order valence-corrected chi connectivity index (χ2v) is 7.05. The fourth-order valence-electron chi connectivity index (χ4n) is 1.92. The molecule has 0 radical (unpaired) electrons. The third kappa shape index (κ3) is 4.54. The van der Waals surface area contributed by atoms with Crippen molar-refractivity contribution >= 4 is 23.1 Å². The molecule has 0 fully saturated rings. The summed E-state index contributed by atoms with van der Waals surface area (Å²) in [7, 11) is 1.71. The van der Waals surface area contributed by atoms with Gasteiger partial charge in [-0.1, -0.05) is 26.0 Å². The highest BCUT2D eigenvalue weighted by atomic mass is 32.2. The van der Waals surface area contributed by atoms with E-state index in [2.05, 4.69) is 49.7 Å². The lowest BCUT2D eigenvalue weighted by Crippen LogP contribution is -2.21. The van der Waals surface area contributed by atoms with E-state index >= 15 is 0 Å². The van der Waals surface area contributed by atoms with Crippen LogP contribution in [0.4, 0.5) is 0 Å². The predicted molar refractivity (Wildman–Crippen MR) is 92.0 cm³/mol. The zero-order valence-corrected chi connectivity index (χ0v) is 14.6. The number of methoxy groups -OCH3 is 1. The Hall–Kier alpha value is -0.880. The average Bonchev–Trinajstić information content (AvgIpc) is 2.89. The van der Waals surface area contributed by atoms with Crippen molar-refractivity contribution in [2.45, 2.75) is 37.9 Å². The molecule has 1 N–H and O–H groups in total. The van der Waals surface area contributed by atoms with Crippen LogP contribution in [0.1, 0.15) is 24.4 Å². The molecular weight excluding hydrogens is 300 g/mol. The summed E-state index contributed by atoms with van der Waals surface area (Å²) in [6, 6.07) is 9.03. The van der Waals surface area contributed by atoms with Gasteiger partial charge >= 0.3 is 0 Å². The van der Waals surface area contributed by atoms with Crippen molar-refractivity contribution in [1.29, 1.82) is 0 Å². The van der Waals surface area contributed by atoms with Gasteiger partial charge in [-0.15, -0.1) is 23.1 Å². The summed E-state index contributed by atoms with van der Waals surface area (Å²) in [5.41, 5.74) is 2.21. The number of benzene rings is 1. The zero-order chi connectivity index (χ0) is 15.2. The summed E-state index contributed by atoms with van der Waals surface area (Å²) >= 11 is 3.50. The molecule has 0 bridgehead atoms. The van der Waals surface area contributed by atoms with Crippen molar-refractivity contribution in [2.24, 2.45) is 0 Å². The maximum atomic E-state index is 5.27. The molecule has 0 saturated carbocycles. The maximum absolute atomic E-state index is 5.27. The number of thioether (sulfide) groups is 1. The van der Waals surface area contributed by atoms with Gasteiger partial charge in [0.15, 0.2) is 0 Å². The Morgan fingerprint density at radius 3 is 2.57 bits per heavy atom. The largest absolute Gasteiger partial charge is 0.378 e. The van der Waals surface area contributed by atoms with Gasteiger partial charge in [0.25, 0.3) is 0 Å². The SMILES string of the molecule is COCc1nc(-c2ccc(SC)cc2)sc1CNC(C)C. The lowest BCUT2D eigenvalue weighted by Gasteiger charge is -2.07. The van der Waals surface area contributed by atoms with Crippen LogP contribution in [0.3, 0.4) is 0 Å². The standard InChI is InChI=1S/C16H22N2OS2/c1-11(2)17-9-15-14(10-19-3)18-16(21-15)12-5-7-13(20-4)8-6-12/h5-8,11,17H,9-10H2,1-4H3. The highest BCUT2D eigenvalue weighted by Gasteiger charge is 2.12. The van der Waals surface area contributed by atoms with E-state index in [1.807, 2.05) is 0 Å². The fourth-order valence-corrected chi connectivity index (χ4v) is 3.35. The third-order valence-electron chi connectivity index (χ3n) is 3.07. The molecule has 0 spiro atoms. The molecule has 1 heterocycles. The van der Waals surface area contributed by atoms with Crippen molar-refractivity contribution in [1.82, 2.24) is 10.3 Å². The fraction of sp³-hybridized carbons (Fsp3) is 0.438. The van der Waals surface area contributed by atoms with Crippen LogP contribution in [0.5, 0.6) is 0 Å². The Labute approximate surface area is 135 Å². The molecule has 114 valence electrons. The normalized spacial score (nSPS) is 11.3. The topological polar surface area (TPSA) is 34.1 Å². The van der Waals surface area contributed by atoms with E-state index < -0.39 is 0 Å². The van der Waals surface area contributed by atoms with Gasteiger partial charge in [-0.25, -0.2) is 4.98 Å². The molecule has 3 nitrogen and oxygen atoms in total. The lowest BCUT2D eigenvalue weighted by molar-refractivity contribution is 0.181. The number of aromatic nitrogens is 1. The van der Waals surface area contributed by atoms with E-state index in [0.717, 1.165) is 17.2 Å². The van der Waals surface area contributed by atoms with Crippen LogP contribution in [0.25, 0.3) is 10.6 Å². The van der Waals surface area contributed by atoms with Gasteiger partial charge in [0, 0.05) is 35.0 Å². The summed E-state index contributed by atoms with van der Waals surface area (Å²) in [6.45, 7) is 5.71. The first-order chi connectivity index (χ1) is 10.1. The highest BCUT2D eigenvalue weighted by Crippen LogP contribution is 2.30. The van der Waals surface area contributed by atoms with Gasteiger partial charge in [-0.3, -0.25) is 0 Å². The summed E-state index contributed by atoms with van der Waals surface area (Å²) in [5, 5.41) is 4.52. The third-order valence-corrected chi connectivity index (χ3v) is 4.96. The van der Waals surface area contributed by atoms with Crippen LogP contribution < -0.4 is 5.32 Å². The number of rotatable bonds is 7. The van der Waals surface area contributed by atoms with Crippen LogP contribution in [0.15, 0.2) is 29.2 Å². The smallest absolute Gasteiger partial charge is 0.124 e. The molecule has 0 aliphatic carbocycles. The van der Waals surface area contributed by atoms with Gasteiger partial charge in [-0.05, 0) is 18.4 Å². The Bertz CT molecular complexity index is 564. The maximum Gasteiger partial charge on any atom is 0.124 e. The first kappa shape index (κ1) is 16.5. The summed E-state index contributed by atoms with van der Waals surface area (Å²) in [4.78, 5) is 7.28. The number of nitrogens with one attached hydrogen (secondary N) is 1. The van der Waals surface area contributed by atoms with Crippen LogP contribution in [0, 0.1) is 0 Å². The van der Waals surface area contributed by atoms with Crippen LogP contribution in [-0.2, 0) is 17.9 Å². The molecular formula is C16H22N2OS2. The molecule has 0 aliphatic heterocycles. The molecule has 0 unspecified atom stereocenters.